The largest absolute Gasteiger partial charge is 0.506 e. The number of phenolic OH excluding ortho intramolecular Hbond substituents is 1. The van der Waals surface area contributed by atoms with E-state index in [9.17, 15) is 20.0 Å². The van der Waals surface area contributed by atoms with Gasteiger partial charge in [-0.25, -0.2) is 0 Å². The Balaban J connectivity index is 2.11. The topological polar surface area (TPSA) is 92.5 Å². The van der Waals surface area contributed by atoms with Crippen LogP contribution in [0.5, 0.6) is 5.75 Å². The lowest BCUT2D eigenvalue weighted by Gasteiger charge is -2.20. The highest BCUT2D eigenvalue weighted by Crippen LogP contribution is 2.30. The molecule has 1 fully saturated rings. The molecule has 6 nitrogen and oxygen atoms in total. The first kappa shape index (κ1) is 13.7. The average molecular weight is 282 g/mol. The minimum atomic E-state index is -0.565. The Bertz CT molecular complexity index is 501. The van der Waals surface area contributed by atoms with Crippen molar-refractivity contribution < 1.29 is 14.8 Å². The van der Waals surface area contributed by atoms with Crippen molar-refractivity contribution in [3.05, 3.63) is 28.3 Å². The number of rotatable bonds is 3. The minimum Gasteiger partial charge on any atom is -0.506 e. The summed E-state index contributed by atoms with van der Waals surface area (Å²) in [4.78, 5) is 22.1. The number of nitro benzene ring substituents is 1. The van der Waals surface area contributed by atoms with Crippen LogP contribution in [-0.4, -0.2) is 26.9 Å². The fourth-order valence-corrected chi connectivity index (χ4v) is 3.10. The molecule has 1 saturated heterocycles. The van der Waals surface area contributed by atoms with E-state index in [0.717, 1.165) is 25.0 Å². The number of amides is 1. The number of hydrogen-bond acceptors (Lipinski definition) is 5. The normalized spacial score (nSPS) is 18.8. The standard InChI is InChI=1S/C12H14N2O4S/c15-10-5-4-8(14(17)18)7-9(10)13-12(16)11-3-1-2-6-19-11/h4-5,7,11,15H,1-3,6H2,(H,13,16). The smallest absolute Gasteiger partial charge is 0.271 e. The number of hydrogen-bond donors (Lipinski definition) is 2. The fraction of sp³-hybridized carbons (Fsp3) is 0.417. The van der Waals surface area contributed by atoms with Crippen LogP contribution in [0.4, 0.5) is 11.4 Å². The molecular weight excluding hydrogens is 268 g/mol. The maximum Gasteiger partial charge on any atom is 0.271 e. The zero-order chi connectivity index (χ0) is 13.8. The summed E-state index contributed by atoms with van der Waals surface area (Å²) in [6.45, 7) is 0. The molecule has 0 aromatic heterocycles. The highest BCUT2D eigenvalue weighted by Gasteiger charge is 2.23. The van der Waals surface area contributed by atoms with Crippen molar-refractivity contribution in [2.75, 3.05) is 11.1 Å². The van der Waals surface area contributed by atoms with Crippen molar-refractivity contribution >= 4 is 29.0 Å². The van der Waals surface area contributed by atoms with E-state index in [0.29, 0.717) is 0 Å². The van der Waals surface area contributed by atoms with Crippen molar-refractivity contribution in [2.24, 2.45) is 0 Å². The Morgan fingerprint density at radius 1 is 1.47 bits per heavy atom. The second-order valence-electron chi connectivity index (χ2n) is 4.30. The van der Waals surface area contributed by atoms with Crippen LogP contribution < -0.4 is 5.32 Å². The summed E-state index contributed by atoms with van der Waals surface area (Å²) in [5.74, 6) is 0.569. The highest BCUT2D eigenvalue weighted by atomic mass is 32.2. The number of nitrogens with zero attached hydrogens (tertiary/aromatic N) is 1. The van der Waals surface area contributed by atoms with Crippen LogP contribution in [0.3, 0.4) is 0 Å². The molecule has 19 heavy (non-hydrogen) atoms. The summed E-state index contributed by atoms with van der Waals surface area (Å²) in [6, 6.07) is 3.57. The molecule has 1 aromatic carbocycles. The predicted octanol–water partition coefficient (Wildman–Crippen LogP) is 2.52. The number of carbonyl (C=O) groups is 1. The van der Waals surface area contributed by atoms with Gasteiger partial charge >= 0.3 is 0 Å². The zero-order valence-electron chi connectivity index (χ0n) is 10.2. The Kier molecular flexibility index (Phi) is 4.26. The van der Waals surface area contributed by atoms with E-state index in [1.807, 2.05) is 0 Å². The second kappa shape index (κ2) is 5.92. The number of non-ortho nitro benzene ring substituents is 1. The minimum absolute atomic E-state index is 0.0883. The van der Waals surface area contributed by atoms with Gasteiger partial charge in [-0.2, -0.15) is 0 Å². The van der Waals surface area contributed by atoms with Gasteiger partial charge in [0.15, 0.2) is 0 Å². The molecule has 1 heterocycles. The monoisotopic (exact) mass is 282 g/mol. The number of anilines is 1. The molecule has 102 valence electrons. The van der Waals surface area contributed by atoms with Gasteiger partial charge in [0.2, 0.25) is 5.91 Å². The second-order valence-corrected chi connectivity index (χ2v) is 5.61. The van der Waals surface area contributed by atoms with Crippen molar-refractivity contribution in [1.82, 2.24) is 0 Å². The van der Waals surface area contributed by atoms with E-state index in [2.05, 4.69) is 5.32 Å². The fourth-order valence-electron chi connectivity index (χ4n) is 1.90. The molecule has 0 saturated carbocycles. The molecule has 1 aliphatic rings. The van der Waals surface area contributed by atoms with Gasteiger partial charge in [0.25, 0.3) is 5.69 Å². The molecule has 0 radical (unpaired) electrons. The molecule has 0 aliphatic carbocycles. The Morgan fingerprint density at radius 2 is 2.26 bits per heavy atom. The Labute approximate surface area is 114 Å². The third kappa shape index (κ3) is 3.37. The lowest BCUT2D eigenvalue weighted by atomic mass is 10.1. The molecule has 1 amide bonds. The number of benzene rings is 1. The number of carbonyl (C=O) groups excluding carboxylic acids is 1. The highest BCUT2D eigenvalue weighted by molar-refractivity contribution is 8.00. The van der Waals surface area contributed by atoms with Crippen LogP contribution >= 0.6 is 11.8 Å². The summed E-state index contributed by atoms with van der Waals surface area (Å²) < 4.78 is 0. The summed E-state index contributed by atoms with van der Waals surface area (Å²) in [6.07, 6.45) is 2.91. The zero-order valence-corrected chi connectivity index (χ0v) is 11.0. The molecule has 1 unspecified atom stereocenters. The van der Waals surface area contributed by atoms with Gasteiger partial charge < -0.3 is 10.4 Å². The first-order valence-corrected chi connectivity index (χ1v) is 7.02. The number of thioether (sulfide) groups is 1. The van der Waals surface area contributed by atoms with E-state index >= 15 is 0 Å². The van der Waals surface area contributed by atoms with Crippen LogP contribution in [-0.2, 0) is 4.79 Å². The number of aromatic hydroxyl groups is 1. The predicted molar refractivity (Wildman–Crippen MR) is 73.5 cm³/mol. The van der Waals surface area contributed by atoms with Gasteiger partial charge in [0.05, 0.1) is 15.9 Å². The van der Waals surface area contributed by atoms with Gasteiger partial charge in [0.1, 0.15) is 5.75 Å². The number of phenols is 1. The van der Waals surface area contributed by atoms with Crippen LogP contribution in [0.15, 0.2) is 18.2 Å². The van der Waals surface area contributed by atoms with E-state index in [4.69, 9.17) is 0 Å². The maximum atomic E-state index is 12.0. The Hall–Kier alpha value is -1.76. The van der Waals surface area contributed by atoms with Crippen molar-refractivity contribution in [3.63, 3.8) is 0 Å². The van der Waals surface area contributed by atoms with Crippen molar-refractivity contribution in [1.29, 1.82) is 0 Å². The summed E-state index contributed by atoms with van der Waals surface area (Å²) in [5, 5.41) is 22.7. The molecule has 1 aliphatic heterocycles. The first-order chi connectivity index (χ1) is 9.08. The summed E-state index contributed by atoms with van der Waals surface area (Å²) >= 11 is 1.58. The number of nitro groups is 1. The van der Waals surface area contributed by atoms with Crippen molar-refractivity contribution in [3.8, 4) is 5.75 Å². The SMILES string of the molecule is O=C(Nc1cc([N+](=O)[O-])ccc1O)C1CCCCS1. The summed E-state index contributed by atoms with van der Waals surface area (Å²) in [7, 11) is 0. The first-order valence-electron chi connectivity index (χ1n) is 5.98. The van der Waals surface area contributed by atoms with Crippen molar-refractivity contribution in [2.45, 2.75) is 24.5 Å². The van der Waals surface area contributed by atoms with Gasteiger partial charge in [-0.05, 0) is 24.7 Å². The lowest BCUT2D eigenvalue weighted by molar-refractivity contribution is -0.384. The van der Waals surface area contributed by atoms with Crippen LogP contribution in [0, 0.1) is 10.1 Å². The van der Waals surface area contributed by atoms with E-state index in [1.165, 1.54) is 18.2 Å². The molecule has 1 atom stereocenters. The van der Waals surface area contributed by atoms with Gasteiger partial charge in [-0.15, -0.1) is 11.8 Å². The average Bonchev–Trinajstić information content (AvgIpc) is 2.42. The molecule has 0 spiro atoms. The van der Waals surface area contributed by atoms with E-state index < -0.39 is 4.92 Å². The van der Waals surface area contributed by atoms with Gasteiger partial charge in [-0.3, -0.25) is 14.9 Å². The molecule has 2 N–H and O–H groups in total. The molecule has 2 rings (SSSR count). The number of nitrogens with one attached hydrogen (secondary N) is 1. The van der Waals surface area contributed by atoms with Gasteiger partial charge in [-0.1, -0.05) is 6.42 Å². The molecule has 1 aromatic rings. The van der Waals surface area contributed by atoms with Crippen LogP contribution in [0.1, 0.15) is 19.3 Å². The van der Waals surface area contributed by atoms with E-state index in [-0.39, 0.29) is 28.3 Å². The van der Waals surface area contributed by atoms with Crippen LogP contribution in [0.2, 0.25) is 0 Å². The lowest BCUT2D eigenvalue weighted by Crippen LogP contribution is -2.27. The third-order valence-corrected chi connectivity index (χ3v) is 4.30. The molecule has 7 heteroatoms. The maximum absolute atomic E-state index is 12.0. The van der Waals surface area contributed by atoms with Crippen LogP contribution in [0.25, 0.3) is 0 Å². The van der Waals surface area contributed by atoms with E-state index in [1.54, 1.807) is 11.8 Å². The summed E-state index contributed by atoms with van der Waals surface area (Å²) in [5.41, 5.74) is -0.0743. The molecule has 0 bridgehead atoms. The molecular formula is C12H14N2O4S. The quantitative estimate of drug-likeness (QED) is 0.505. The van der Waals surface area contributed by atoms with Gasteiger partial charge in [0, 0.05) is 12.1 Å². The third-order valence-electron chi connectivity index (χ3n) is 2.92. The Morgan fingerprint density at radius 3 is 2.89 bits per heavy atom.